The summed E-state index contributed by atoms with van der Waals surface area (Å²) in [6.45, 7) is 0. The molecule has 0 aliphatic rings. The third-order valence-corrected chi connectivity index (χ3v) is 3.89. The molecule has 1 unspecified atom stereocenters. The van der Waals surface area contributed by atoms with Gasteiger partial charge in [-0.1, -0.05) is 55.6 Å². The van der Waals surface area contributed by atoms with Gasteiger partial charge in [0.05, 0.1) is 6.04 Å². The Labute approximate surface area is 122 Å². The molecule has 0 radical (unpaired) electrons. The van der Waals surface area contributed by atoms with Crippen LogP contribution in [0.5, 0.6) is 0 Å². The zero-order valence-corrected chi connectivity index (χ0v) is 12.8. The van der Waals surface area contributed by atoms with Crippen LogP contribution in [-0.4, -0.2) is 0 Å². The first-order chi connectivity index (χ1) is 8.08. The first-order valence-electron chi connectivity index (χ1n) is 5.04. The molecule has 2 N–H and O–H groups in total. The number of hydrogen-bond donors (Lipinski definition) is 1. The second-order valence-electron chi connectivity index (χ2n) is 3.70. The van der Waals surface area contributed by atoms with Gasteiger partial charge in [0.2, 0.25) is 0 Å². The maximum atomic E-state index is 6.22. The molecule has 0 aliphatic carbocycles. The average Bonchev–Trinajstić information content (AvgIpc) is 2.32. The largest absolute Gasteiger partial charge is 0.320 e. The highest BCUT2D eigenvalue weighted by atomic mass is 79.9. The molecular weight excluding hydrogens is 365 g/mol. The summed E-state index contributed by atoms with van der Waals surface area (Å²) in [5.41, 5.74) is 8.17. The molecule has 2 aromatic carbocycles. The van der Waals surface area contributed by atoms with E-state index >= 15 is 0 Å². The molecule has 0 saturated heterocycles. The summed E-state index contributed by atoms with van der Waals surface area (Å²) < 4.78 is 2.01. The molecule has 1 atom stereocenters. The van der Waals surface area contributed by atoms with Crippen LogP contribution in [0.1, 0.15) is 17.2 Å². The van der Waals surface area contributed by atoms with E-state index in [2.05, 4.69) is 31.9 Å². The van der Waals surface area contributed by atoms with Crippen molar-refractivity contribution < 1.29 is 0 Å². The van der Waals surface area contributed by atoms with Crippen LogP contribution in [-0.2, 0) is 0 Å². The topological polar surface area (TPSA) is 26.0 Å². The molecule has 0 bridgehead atoms. The molecule has 1 nitrogen and oxygen atoms in total. The summed E-state index contributed by atoms with van der Waals surface area (Å²) in [7, 11) is 0. The van der Waals surface area contributed by atoms with Gasteiger partial charge in [-0.25, -0.2) is 0 Å². The van der Waals surface area contributed by atoms with Crippen LogP contribution in [0.2, 0.25) is 5.02 Å². The first kappa shape index (κ1) is 13.1. The molecule has 17 heavy (non-hydrogen) atoms. The van der Waals surface area contributed by atoms with Gasteiger partial charge in [-0.05, 0) is 41.5 Å². The highest BCUT2D eigenvalue weighted by molar-refractivity contribution is 9.10. The fourth-order valence-corrected chi connectivity index (χ4v) is 2.48. The average molecular weight is 375 g/mol. The molecule has 0 saturated carbocycles. The third kappa shape index (κ3) is 3.10. The molecule has 2 rings (SSSR count). The van der Waals surface area contributed by atoms with Crippen molar-refractivity contribution in [3.63, 3.8) is 0 Å². The number of halogens is 3. The second-order valence-corrected chi connectivity index (χ2v) is 5.93. The molecule has 2 aromatic rings. The summed E-state index contributed by atoms with van der Waals surface area (Å²) in [6, 6.07) is 13.4. The van der Waals surface area contributed by atoms with Gasteiger partial charge < -0.3 is 5.73 Å². The Morgan fingerprint density at radius 3 is 2.18 bits per heavy atom. The van der Waals surface area contributed by atoms with Gasteiger partial charge in [0.25, 0.3) is 0 Å². The minimum atomic E-state index is -0.215. The van der Waals surface area contributed by atoms with Gasteiger partial charge in [-0.15, -0.1) is 0 Å². The lowest BCUT2D eigenvalue weighted by Crippen LogP contribution is -2.12. The Hall–Kier alpha value is -0.350. The standard InChI is InChI=1S/C13H10Br2ClN/c14-9-3-1-8(2-4-9)13(17)11-7-10(15)5-6-12(11)16/h1-7,13H,17H2. The zero-order valence-electron chi connectivity index (χ0n) is 8.83. The monoisotopic (exact) mass is 373 g/mol. The van der Waals surface area contributed by atoms with E-state index in [0.717, 1.165) is 20.1 Å². The van der Waals surface area contributed by atoms with Crippen molar-refractivity contribution in [3.05, 3.63) is 67.6 Å². The summed E-state index contributed by atoms with van der Waals surface area (Å²) in [5.74, 6) is 0. The summed E-state index contributed by atoms with van der Waals surface area (Å²) >= 11 is 13.0. The molecule has 0 spiro atoms. The summed E-state index contributed by atoms with van der Waals surface area (Å²) in [6.07, 6.45) is 0. The minimum Gasteiger partial charge on any atom is -0.320 e. The van der Waals surface area contributed by atoms with E-state index < -0.39 is 0 Å². The van der Waals surface area contributed by atoms with Gasteiger partial charge in [-0.2, -0.15) is 0 Å². The minimum absolute atomic E-state index is 0.215. The number of hydrogen-bond acceptors (Lipinski definition) is 1. The van der Waals surface area contributed by atoms with Gasteiger partial charge in [0.15, 0.2) is 0 Å². The number of nitrogens with two attached hydrogens (primary N) is 1. The predicted molar refractivity (Wildman–Crippen MR) is 79.3 cm³/mol. The van der Waals surface area contributed by atoms with Crippen LogP contribution < -0.4 is 5.73 Å². The van der Waals surface area contributed by atoms with Crippen LogP contribution in [0.25, 0.3) is 0 Å². The fourth-order valence-electron chi connectivity index (χ4n) is 1.60. The van der Waals surface area contributed by atoms with Gasteiger partial charge in [-0.3, -0.25) is 0 Å². The maximum absolute atomic E-state index is 6.22. The van der Waals surface area contributed by atoms with Crippen LogP contribution in [0.3, 0.4) is 0 Å². The van der Waals surface area contributed by atoms with Crippen molar-refractivity contribution in [2.75, 3.05) is 0 Å². The lowest BCUT2D eigenvalue weighted by atomic mass is 10.00. The van der Waals surface area contributed by atoms with Crippen LogP contribution in [0, 0.1) is 0 Å². The number of rotatable bonds is 2. The van der Waals surface area contributed by atoms with Crippen molar-refractivity contribution in [2.45, 2.75) is 6.04 Å². The van der Waals surface area contributed by atoms with Crippen molar-refractivity contribution in [2.24, 2.45) is 5.73 Å². The van der Waals surface area contributed by atoms with Crippen molar-refractivity contribution in [1.82, 2.24) is 0 Å². The van der Waals surface area contributed by atoms with Gasteiger partial charge in [0.1, 0.15) is 0 Å². The van der Waals surface area contributed by atoms with Crippen molar-refractivity contribution in [3.8, 4) is 0 Å². The zero-order chi connectivity index (χ0) is 12.4. The highest BCUT2D eigenvalue weighted by Crippen LogP contribution is 2.29. The highest BCUT2D eigenvalue weighted by Gasteiger charge is 2.12. The van der Waals surface area contributed by atoms with Crippen LogP contribution in [0.15, 0.2) is 51.4 Å². The maximum Gasteiger partial charge on any atom is 0.0566 e. The molecule has 0 amide bonds. The fraction of sp³-hybridized carbons (Fsp3) is 0.0769. The van der Waals surface area contributed by atoms with E-state index in [0.29, 0.717) is 5.02 Å². The van der Waals surface area contributed by atoms with Crippen molar-refractivity contribution >= 4 is 43.5 Å². The van der Waals surface area contributed by atoms with Crippen LogP contribution >= 0.6 is 43.5 Å². The summed E-state index contributed by atoms with van der Waals surface area (Å²) in [4.78, 5) is 0. The number of benzene rings is 2. The summed E-state index contributed by atoms with van der Waals surface area (Å²) in [5, 5.41) is 0.684. The molecule has 0 aromatic heterocycles. The van der Waals surface area contributed by atoms with E-state index in [9.17, 15) is 0 Å². The van der Waals surface area contributed by atoms with Gasteiger partial charge >= 0.3 is 0 Å². The van der Waals surface area contributed by atoms with Crippen molar-refractivity contribution in [1.29, 1.82) is 0 Å². The Morgan fingerprint density at radius 1 is 0.941 bits per heavy atom. The van der Waals surface area contributed by atoms with E-state index in [-0.39, 0.29) is 6.04 Å². The van der Waals surface area contributed by atoms with E-state index in [4.69, 9.17) is 17.3 Å². The Morgan fingerprint density at radius 2 is 1.53 bits per heavy atom. The normalized spacial score (nSPS) is 12.5. The molecule has 88 valence electrons. The molecule has 0 aliphatic heterocycles. The van der Waals surface area contributed by atoms with Crippen LogP contribution in [0.4, 0.5) is 0 Å². The van der Waals surface area contributed by atoms with E-state index in [1.54, 1.807) is 0 Å². The Kier molecular flexibility index (Phi) is 4.26. The quantitative estimate of drug-likeness (QED) is 0.793. The molecular formula is C13H10Br2ClN. The first-order valence-corrected chi connectivity index (χ1v) is 7.00. The molecule has 0 heterocycles. The lowest BCUT2D eigenvalue weighted by molar-refractivity contribution is 0.870. The Bertz CT molecular complexity index is 525. The predicted octanol–water partition coefficient (Wildman–Crippen LogP) is 4.91. The smallest absolute Gasteiger partial charge is 0.0566 e. The van der Waals surface area contributed by atoms with E-state index in [1.807, 2.05) is 42.5 Å². The molecule has 4 heteroatoms. The molecule has 0 fully saturated rings. The SMILES string of the molecule is NC(c1ccc(Br)cc1)c1cc(Br)ccc1Cl. The Balaban J connectivity index is 2.39. The third-order valence-electron chi connectivity index (χ3n) is 2.52. The van der Waals surface area contributed by atoms with Gasteiger partial charge in [0, 0.05) is 14.0 Å². The van der Waals surface area contributed by atoms with E-state index in [1.165, 1.54) is 0 Å². The second kappa shape index (κ2) is 5.53. The lowest BCUT2D eigenvalue weighted by Gasteiger charge is -2.14.